The molecule has 4 fully saturated rings. The van der Waals surface area contributed by atoms with E-state index in [-0.39, 0.29) is 140 Å². The molecule has 4 aliphatic rings. The summed E-state index contributed by atoms with van der Waals surface area (Å²) in [4.78, 5) is 0. The van der Waals surface area contributed by atoms with Crippen molar-refractivity contribution in [2.24, 2.45) is 28.0 Å². The molecule has 0 aromatic heterocycles. The van der Waals surface area contributed by atoms with Crippen LogP contribution in [0.25, 0.3) is 0 Å². The van der Waals surface area contributed by atoms with Crippen LogP contribution in [-0.4, -0.2) is 93.5 Å². The Bertz CT molecular complexity index is 1160. The van der Waals surface area contributed by atoms with Crippen LogP contribution in [0.3, 0.4) is 0 Å². The van der Waals surface area contributed by atoms with E-state index < -0.39 is 84.3 Å². The molecule has 0 amide bonds. The van der Waals surface area contributed by atoms with Crippen LogP contribution in [0.5, 0.6) is 0 Å². The summed E-state index contributed by atoms with van der Waals surface area (Å²) in [5, 5.41) is 20.5. The molecule has 0 saturated heterocycles. The number of aliphatic hydroxyl groups is 1. The number of ether oxygens (including phenoxy) is 1. The summed E-state index contributed by atoms with van der Waals surface area (Å²) in [6.07, 6.45) is 3.38. The Kier molecular flexibility index (Phi) is 19.9. The predicted octanol–water partition coefficient (Wildman–Crippen LogP) is -7.93. The van der Waals surface area contributed by atoms with Gasteiger partial charge in [-0.3, -0.25) is 9.50 Å². The molecule has 11 atom stereocenters. The van der Waals surface area contributed by atoms with Gasteiger partial charge in [-0.2, -0.15) is 10.2 Å². The van der Waals surface area contributed by atoms with E-state index in [1.165, 1.54) is 0 Å². The Morgan fingerprint density at radius 3 is 2.16 bits per heavy atom. The standard InChI is InChI=1S/C24H43N3O11S3.3Na/c1-14-7-8-18(21(9-14)41(34,35)36)26-27-23-20(38-39(29)30)11-15-10-17(40(31,32)33)12-19(22(15)24(23)28)25-13-37-16-5-3-2-4-6-16;;;/h14-25,28H,2-13H2,1H3,(H,29,30)(H,31,32,33)(H,34,35,36);;;/q;3*+1/p-3. The molecule has 4 aliphatic carbocycles. The van der Waals surface area contributed by atoms with Crippen LogP contribution in [0.4, 0.5) is 0 Å². The number of hydrogen-bond donors (Lipinski definition) is 2. The number of fused-ring (bicyclic) bond motifs is 1. The van der Waals surface area contributed by atoms with Gasteiger partial charge in [-0.15, -0.1) is 0 Å². The summed E-state index contributed by atoms with van der Waals surface area (Å²) >= 11 is -3.01. The van der Waals surface area contributed by atoms with Crippen molar-refractivity contribution in [3.63, 3.8) is 0 Å². The number of azo groups is 1. The normalized spacial score (nSPS) is 37.6. The van der Waals surface area contributed by atoms with Gasteiger partial charge in [-0.1, -0.05) is 26.2 Å². The van der Waals surface area contributed by atoms with Crippen molar-refractivity contribution in [1.29, 1.82) is 0 Å². The van der Waals surface area contributed by atoms with E-state index in [1.807, 2.05) is 6.92 Å². The van der Waals surface area contributed by atoms with E-state index in [2.05, 4.69) is 15.5 Å². The third-order valence-corrected chi connectivity index (χ3v) is 12.2. The van der Waals surface area contributed by atoms with Crippen molar-refractivity contribution in [2.75, 3.05) is 6.73 Å². The van der Waals surface area contributed by atoms with Gasteiger partial charge in [0.2, 0.25) is 0 Å². The van der Waals surface area contributed by atoms with Crippen molar-refractivity contribution >= 4 is 31.6 Å². The maximum atomic E-state index is 12.0. The van der Waals surface area contributed by atoms with Crippen molar-refractivity contribution in [3.8, 4) is 0 Å². The van der Waals surface area contributed by atoms with E-state index in [4.69, 9.17) is 8.92 Å². The Labute approximate surface area is 329 Å². The Morgan fingerprint density at radius 2 is 1.57 bits per heavy atom. The second kappa shape index (κ2) is 19.7. The fraction of sp³-hybridized carbons (Fsp3) is 1.00. The first-order valence-electron chi connectivity index (χ1n) is 14.3. The number of rotatable bonds is 10. The van der Waals surface area contributed by atoms with E-state index in [9.17, 15) is 39.8 Å². The number of nitrogens with one attached hydrogen (secondary N) is 1. The molecule has 0 radical (unpaired) electrons. The van der Waals surface area contributed by atoms with Gasteiger partial charge >= 0.3 is 88.7 Å². The third kappa shape index (κ3) is 12.3. The fourth-order valence-corrected chi connectivity index (χ4v) is 9.69. The average Bonchev–Trinajstić information content (AvgIpc) is 2.88. The summed E-state index contributed by atoms with van der Waals surface area (Å²) in [6, 6.07) is -2.84. The molecule has 0 bridgehead atoms. The third-order valence-electron chi connectivity index (χ3n) is 9.32. The first-order valence-corrected chi connectivity index (χ1v) is 18.3. The van der Waals surface area contributed by atoms with Gasteiger partial charge in [0.25, 0.3) is 0 Å². The van der Waals surface area contributed by atoms with Crippen LogP contribution in [0.1, 0.15) is 77.6 Å². The van der Waals surface area contributed by atoms with Crippen molar-refractivity contribution < 1.29 is 137 Å². The van der Waals surface area contributed by atoms with Gasteiger partial charge in [0.05, 0.1) is 67.1 Å². The zero-order valence-corrected chi connectivity index (χ0v) is 34.4. The minimum atomic E-state index is -4.68. The predicted molar refractivity (Wildman–Crippen MR) is 143 cm³/mol. The van der Waals surface area contributed by atoms with E-state index in [0.717, 1.165) is 32.1 Å². The molecule has 11 unspecified atom stereocenters. The summed E-state index contributed by atoms with van der Waals surface area (Å²) in [7, 11) is -9.36. The molecule has 4 rings (SSSR count). The molecule has 0 heterocycles. The Morgan fingerprint density at radius 1 is 0.909 bits per heavy atom. The monoisotopic (exact) mass is 711 g/mol. The van der Waals surface area contributed by atoms with Gasteiger partial charge in [-0.25, -0.2) is 21.0 Å². The molecule has 20 heteroatoms. The number of aliphatic hydroxyl groups excluding tert-OH is 1. The second-order valence-electron chi connectivity index (χ2n) is 12.1. The molecule has 0 aromatic carbocycles. The second-order valence-corrected chi connectivity index (χ2v) is 16.0. The maximum absolute atomic E-state index is 12.0. The summed E-state index contributed by atoms with van der Waals surface area (Å²) < 4.78 is 106. The van der Waals surface area contributed by atoms with Crippen LogP contribution < -0.4 is 94.0 Å². The van der Waals surface area contributed by atoms with Crippen LogP contribution >= 0.6 is 0 Å². The van der Waals surface area contributed by atoms with Crippen LogP contribution in [0.2, 0.25) is 0 Å². The SMILES string of the molecule is CC1CCC(N=NC2C(OS(=O)[O-])CC3CC(S(=O)(=O)[O-])CC(NCOC4CCCCC4)C3C2O)C(S(=O)(=O)[O-])C1.[Na+].[Na+].[Na+]. The van der Waals surface area contributed by atoms with Crippen LogP contribution in [0, 0.1) is 17.8 Å². The molecule has 0 aromatic rings. The zero-order chi connectivity index (χ0) is 29.9. The van der Waals surface area contributed by atoms with Gasteiger partial charge < -0.3 is 23.5 Å². The summed E-state index contributed by atoms with van der Waals surface area (Å²) in [5.41, 5.74) is 0. The molecular formula is C24H40N3Na3O11S3. The van der Waals surface area contributed by atoms with E-state index >= 15 is 0 Å². The van der Waals surface area contributed by atoms with E-state index in [0.29, 0.717) is 6.42 Å². The minimum Gasteiger partial charge on any atom is -0.750 e. The van der Waals surface area contributed by atoms with Crippen molar-refractivity contribution in [2.45, 2.75) is 124 Å². The van der Waals surface area contributed by atoms with E-state index in [1.54, 1.807) is 0 Å². The molecule has 238 valence electrons. The summed E-state index contributed by atoms with van der Waals surface area (Å²) in [5.74, 6) is -1.23. The van der Waals surface area contributed by atoms with Crippen LogP contribution in [-0.2, 0) is 40.5 Å². The largest absolute Gasteiger partial charge is 1.00 e. The van der Waals surface area contributed by atoms with Gasteiger partial charge in [0.1, 0.15) is 12.1 Å². The molecule has 44 heavy (non-hydrogen) atoms. The smallest absolute Gasteiger partial charge is 0.750 e. The average molecular weight is 712 g/mol. The molecular weight excluding hydrogens is 671 g/mol. The summed E-state index contributed by atoms with van der Waals surface area (Å²) in [6.45, 7) is 1.92. The van der Waals surface area contributed by atoms with Crippen LogP contribution in [0.15, 0.2) is 10.2 Å². The number of nitrogens with zero attached hydrogens (tertiary/aromatic N) is 2. The minimum absolute atomic E-state index is 0. The fourth-order valence-electron chi connectivity index (χ4n) is 7.23. The molecule has 14 nitrogen and oxygen atoms in total. The molecule has 4 saturated carbocycles. The maximum Gasteiger partial charge on any atom is 1.00 e. The first kappa shape index (κ1) is 44.4. The molecule has 2 N–H and O–H groups in total. The number of hydrogen-bond acceptors (Lipinski definition) is 14. The van der Waals surface area contributed by atoms with Crippen molar-refractivity contribution in [3.05, 3.63) is 0 Å². The van der Waals surface area contributed by atoms with Gasteiger partial charge in [0.15, 0.2) is 0 Å². The molecule has 0 spiro atoms. The Hall–Kier alpha value is 2.37. The van der Waals surface area contributed by atoms with Crippen molar-refractivity contribution in [1.82, 2.24) is 5.32 Å². The topological polar surface area (TPSA) is 230 Å². The van der Waals surface area contributed by atoms with Gasteiger partial charge in [0, 0.05) is 12.0 Å². The quantitative estimate of drug-likeness (QED) is 0.0708. The molecule has 0 aliphatic heterocycles. The first-order chi connectivity index (χ1) is 19.2. The Balaban J connectivity index is 0.00000323. The zero-order valence-electron chi connectivity index (χ0n) is 26.0. The van der Waals surface area contributed by atoms with Gasteiger partial charge in [-0.05, 0) is 63.2 Å².